The van der Waals surface area contributed by atoms with E-state index >= 15 is 0 Å². The number of H-pyrrole nitrogens is 1. The van der Waals surface area contributed by atoms with Crippen molar-refractivity contribution >= 4 is 16.9 Å². The van der Waals surface area contributed by atoms with Gasteiger partial charge in [-0.3, -0.25) is 0 Å². The average molecular weight is 205 g/mol. The Hall–Kier alpha value is -1.97. The van der Waals surface area contributed by atoms with Gasteiger partial charge in [0.05, 0.1) is 12.7 Å². The number of benzene rings is 1. The van der Waals surface area contributed by atoms with Crippen LogP contribution in [0.5, 0.6) is 5.75 Å². The molecule has 0 atom stereocenters. The zero-order valence-corrected chi connectivity index (χ0v) is 8.50. The summed E-state index contributed by atoms with van der Waals surface area (Å²) in [5.74, 6) is -0.234. The Morgan fingerprint density at radius 1 is 1.47 bits per heavy atom. The summed E-state index contributed by atoms with van der Waals surface area (Å²) >= 11 is 0. The summed E-state index contributed by atoms with van der Waals surface area (Å²) in [6, 6.07) is 3.63. The molecule has 0 amide bonds. The quantitative estimate of drug-likeness (QED) is 0.789. The molecule has 15 heavy (non-hydrogen) atoms. The number of nitrogens with one attached hydrogen (secondary N) is 1. The zero-order chi connectivity index (χ0) is 11.0. The van der Waals surface area contributed by atoms with Crippen molar-refractivity contribution in [2.75, 3.05) is 7.11 Å². The SMILES string of the molecule is COc1ccc2[nH]cc(C(=O)O)c2c1C. The lowest BCUT2D eigenvalue weighted by molar-refractivity contribution is 0.0699. The molecule has 0 fully saturated rings. The zero-order valence-electron chi connectivity index (χ0n) is 8.50. The summed E-state index contributed by atoms with van der Waals surface area (Å²) in [6.45, 7) is 1.85. The van der Waals surface area contributed by atoms with Crippen LogP contribution < -0.4 is 4.74 Å². The molecular formula is C11H11NO3. The van der Waals surface area contributed by atoms with Gasteiger partial charge in [-0.2, -0.15) is 0 Å². The number of aromatic carboxylic acids is 1. The second-order valence-corrected chi connectivity index (χ2v) is 3.32. The van der Waals surface area contributed by atoms with Gasteiger partial charge >= 0.3 is 5.97 Å². The standard InChI is InChI=1S/C11H11NO3/c1-6-9(15-2)4-3-8-10(6)7(5-12-8)11(13)14/h3-5,12H,1-2H3,(H,13,14). The Labute approximate surface area is 86.5 Å². The molecule has 2 N–H and O–H groups in total. The van der Waals surface area contributed by atoms with Gasteiger partial charge in [-0.05, 0) is 19.1 Å². The van der Waals surface area contributed by atoms with E-state index in [2.05, 4.69) is 4.98 Å². The molecule has 0 saturated carbocycles. The minimum Gasteiger partial charge on any atom is -0.496 e. The van der Waals surface area contributed by atoms with E-state index in [0.717, 1.165) is 11.1 Å². The monoisotopic (exact) mass is 205 g/mol. The van der Waals surface area contributed by atoms with Crippen LogP contribution >= 0.6 is 0 Å². The van der Waals surface area contributed by atoms with E-state index in [4.69, 9.17) is 9.84 Å². The Morgan fingerprint density at radius 2 is 2.20 bits per heavy atom. The Bertz CT molecular complexity index is 528. The molecule has 0 unspecified atom stereocenters. The number of carboxylic acid groups (broad SMARTS) is 1. The fourth-order valence-corrected chi connectivity index (χ4v) is 1.77. The topological polar surface area (TPSA) is 62.3 Å². The van der Waals surface area contributed by atoms with Gasteiger partial charge in [-0.25, -0.2) is 4.79 Å². The van der Waals surface area contributed by atoms with Crippen molar-refractivity contribution in [1.29, 1.82) is 0 Å². The number of ether oxygens (including phenoxy) is 1. The summed E-state index contributed by atoms with van der Waals surface area (Å²) in [7, 11) is 1.57. The first-order valence-electron chi connectivity index (χ1n) is 4.53. The van der Waals surface area contributed by atoms with E-state index in [0.29, 0.717) is 11.1 Å². The van der Waals surface area contributed by atoms with Crippen molar-refractivity contribution in [1.82, 2.24) is 4.98 Å². The highest BCUT2D eigenvalue weighted by Gasteiger charge is 2.14. The minimum absolute atomic E-state index is 0.279. The van der Waals surface area contributed by atoms with Gasteiger partial charge in [-0.15, -0.1) is 0 Å². The van der Waals surface area contributed by atoms with Crippen LogP contribution in [0, 0.1) is 6.92 Å². The van der Waals surface area contributed by atoms with Gasteiger partial charge in [0, 0.05) is 22.7 Å². The molecule has 0 aliphatic rings. The molecule has 1 heterocycles. The first-order chi connectivity index (χ1) is 7.15. The van der Waals surface area contributed by atoms with E-state index < -0.39 is 5.97 Å². The molecule has 4 nitrogen and oxygen atoms in total. The predicted molar refractivity (Wildman–Crippen MR) is 56.5 cm³/mol. The molecule has 0 spiro atoms. The third kappa shape index (κ3) is 1.34. The number of carboxylic acids is 1. The van der Waals surface area contributed by atoms with Crippen LogP contribution in [-0.2, 0) is 0 Å². The molecule has 0 saturated heterocycles. The number of methoxy groups -OCH3 is 1. The van der Waals surface area contributed by atoms with Crippen molar-refractivity contribution < 1.29 is 14.6 Å². The van der Waals surface area contributed by atoms with Gasteiger partial charge < -0.3 is 14.8 Å². The first kappa shape index (κ1) is 9.58. The largest absolute Gasteiger partial charge is 0.496 e. The molecule has 4 heteroatoms. The second kappa shape index (κ2) is 3.31. The first-order valence-corrected chi connectivity index (χ1v) is 4.53. The fourth-order valence-electron chi connectivity index (χ4n) is 1.77. The highest BCUT2D eigenvalue weighted by Crippen LogP contribution is 2.29. The van der Waals surface area contributed by atoms with E-state index in [1.807, 2.05) is 19.1 Å². The summed E-state index contributed by atoms with van der Waals surface area (Å²) < 4.78 is 5.15. The van der Waals surface area contributed by atoms with E-state index in [1.54, 1.807) is 7.11 Å². The van der Waals surface area contributed by atoms with Crippen LogP contribution in [-0.4, -0.2) is 23.2 Å². The van der Waals surface area contributed by atoms with Crippen LogP contribution in [0.15, 0.2) is 18.3 Å². The molecule has 78 valence electrons. The van der Waals surface area contributed by atoms with Crippen LogP contribution in [0.4, 0.5) is 0 Å². The molecule has 1 aromatic carbocycles. The predicted octanol–water partition coefficient (Wildman–Crippen LogP) is 2.18. The van der Waals surface area contributed by atoms with Gasteiger partial charge in [0.25, 0.3) is 0 Å². The molecule has 2 aromatic rings. The highest BCUT2D eigenvalue weighted by atomic mass is 16.5. The Kier molecular flexibility index (Phi) is 2.11. The number of carbonyl (C=O) groups is 1. The molecule has 0 radical (unpaired) electrons. The number of aryl methyl sites for hydroxylation is 1. The lowest BCUT2D eigenvalue weighted by Crippen LogP contribution is -1.96. The molecule has 2 rings (SSSR count). The second-order valence-electron chi connectivity index (χ2n) is 3.32. The number of hydrogen-bond donors (Lipinski definition) is 2. The maximum absolute atomic E-state index is 11.0. The highest BCUT2D eigenvalue weighted by molar-refractivity contribution is 6.05. The molecule has 0 aliphatic heterocycles. The third-order valence-corrected chi connectivity index (χ3v) is 2.51. The lowest BCUT2D eigenvalue weighted by Gasteiger charge is -2.05. The number of rotatable bonds is 2. The molecule has 0 bridgehead atoms. The minimum atomic E-state index is -0.933. The van der Waals surface area contributed by atoms with E-state index in [9.17, 15) is 4.79 Å². The van der Waals surface area contributed by atoms with Crippen LogP contribution in [0.1, 0.15) is 15.9 Å². The maximum atomic E-state index is 11.0. The van der Waals surface area contributed by atoms with Gasteiger partial charge in [0.2, 0.25) is 0 Å². The summed E-state index contributed by atoms with van der Waals surface area (Å²) in [5.41, 5.74) is 1.93. The molecule has 1 aromatic heterocycles. The van der Waals surface area contributed by atoms with Gasteiger partial charge in [0.15, 0.2) is 0 Å². The normalized spacial score (nSPS) is 10.5. The summed E-state index contributed by atoms with van der Waals surface area (Å²) in [5, 5.41) is 9.71. The number of aromatic amines is 1. The summed E-state index contributed by atoms with van der Waals surface area (Å²) in [4.78, 5) is 13.9. The van der Waals surface area contributed by atoms with Crippen molar-refractivity contribution in [3.05, 3.63) is 29.5 Å². The fraction of sp³-hybridized carbons (Fsp3) is 0.182. The third-order valence-electron chi connectivity index (χ3n) is 2.51. The molecular weight excluding hydrogens is 194 g/mol. The number of fused-ring (bicyclic) bond motifs is 1. The van der Waals surface area contributed by atoms with Gasteiger partial charge in [-0.1, -0.05) is 0 Å². The van der Waals surface area contributed by atoms with E-state index in [1.165, 1.54) is 6.20 Å². The van der Waals surface area contributed by atoms with Crippen molar-refractivity contribution in [2.24, 2.45) is 0 Å². The van der Waals surface area contributed by atoms with Crippen molar-refractivity contribution in [3.63, 3.8) is 0 Å². The van der Waals surface area contributed by atoms with Crippen LogP contribution in [0.25, 0.3) is 10.9 Å². The van der Waals surface area contributed by atoms with Crippen LogP contribution in [0.2, 0.25) is 0 Å². The van der Waals surface area contributed by atoms with Gasteiger partial charge in [0.1, 0.15) is 5.75 Å². The average Bonchev–Trinajstić information content (AvgIpc) is 2.63. The number of aromatic nitrogens is 1. The molecule has 0 aliphatic carbocycles. The lowest BCUT2D eigenvalue weighted by atomic mass is 10.1. The number of hydrogen-bond acceptors (Lipinski definition) is 2. The van der Waals surface area contributed by atoms with E-state index in [-0.39, 0.29) is 5.56 Å². The van der Waals surface area contributed by atoms with Crippen molar-refractivity contribution in [3.8, 4) is 5.75 Å². The Balaban J connectivity index is 2.82. The van der Waals surface area contributed by atoms with Crippen LogP contribution in [0.3, 0.4) is 0 Å². The maximum Gasteiger partial charge on any atom is 0.337 e. The van der Waals surface area contributed by atoms with Crippen molar-refractivity contribution in [2.45, 2.75) is 6.92 Å². The smallest absolute Gasteiger partial charge is 0.337 e. The summed E-state index contributed by atoms with van der Waals surface area (Å²) in [6.07, 6.45) is 1.50. The Morgan fingerprint density at radius 3 is 2.80 bits per heavy atom.